The maximum Gasteiger partial charge on any atom is 0.416 e. The summed E-state index contributed by atoms with van der Waals surface area (Å²) in [5, 5.41) is 5.32. The van der Waals surface area contributed by atoms with Gasteiger partial charge in [-0.25, -0.2) is 0 Å². The highest BCUT2D eigenvalue weighted by molar-refractivity contribution is 5.93. The second-order valence-electron chi connectivity index (χ2n) is 6.26. The molecule has 5 nitrogen and oxygen atoms in total. The first kappa shape index (κ1) is 21.4. The van der Waals surface area contributed by atoms with Crippen molar-refractivity contribution in [1.82, 2.24) is 4.90 Å². The molecule has 150 valence electrons. The van der Waals surface area contributed by atoms with Crippen LogP contribution in [0, 0.1) is 0 Å². The highest BCUT2D eigenvalue weighted by Gasteiger charge is 2.33. The highest BCUT2D eigenvalue weighted by atomic mass is 19.4. The summed E-state index contributed by atoms with van der Waals surface area (Å²) in [5.41, 5.74) is 0.571. The van der Waals surface area contributed by atoms with Crippen molar-refractivity contribution in [3.05, 3.63) is 59.7 Å². The first-order valence-corrected chi connectivity index (χ1v) is 8.74. The Bertz CT molecular complexity index is 820. The predicted octanol–water partition coefficient (Wildman–Crippen LogP) is 4.12. The van der Waals surface area contributed by atoms with Gasteiger partial charge < -0.3 is 10.6 Å². The fourth-order valence-electron chi connectivity index (χ4n) is 2.70. The van der Waals surface area contributed by atoms with Crippen molar-refractivity contribution in [2.75, 3.05) is 23.7 Å². The molecular formula is C20H22F3N3O2. The number of hydrogen-bond donors (Lipinski definition) is 2. The van der Waals surface area contributed by atoms with Gasteiger partial charge in [0.25, 0.3) is 0 Å². The van der Waals surface area contributed by atoms with Crippen molar-refractivity contribution < 1.29 is 22.8 Å². The topological polar surface area (TPSA) is 61.4 Å². The van der Waals surface area contributed by atoms with Crippen LogP contribution in [-0.2, 0) is 22.3 Å². The minimum atomic E-state index is -4.44. The van der Waals surface area contributed by atoms with Gasteiger partial charge in [-0.15, -0.1) is 0 Å². The number of anilines is 2. The predicted molar refractivity (Wildman–Crippen MR) is 102 cm³/mol. The van der Waals surface area contributed by atoms with Crippen molar-refractivity contribution in [1.29, 1.82) is 0 Å². The lowest BCUT2D eigenvalue weighted by atomic mass is 10.1. The fourth-order valence-corrected chi connectivity index (χ4v) is 2.70. The van der Waals surface area contributed by atoms with Gasteiger partial charge >= 0.3 is 6.18 Å². The van der Waals surface area contributed by atoms with Crippen LogP contribution in [0.3, 0.4) is 0 Å². The van der Waals surface area contributed by atoms with Gasteiger partial charge in [0.15, 0.2) is 0 Å². The molecule has 0 unspecified atom stereocenters. The number of hydrogen-bond acceptors (Lipinski definition) is 3. The number of benzene rings is 2. The van der Waals surface area contributed by atoms with Gasteiger partial charge in [0.1, 0.15) is 0 Å². The monoisotopic (exact) mass is 393 g/mol. The van der Waals surface area contributed by atoms with Crippen LogP contribution in [-0.4, -0.2) is 29.8 Å². The van der Waals surface area contributed by atoms with Crippen LogP contribution in [0.5, 0.6) is 0 Å². The molecule has 0 aliphatic rings. The van der Waals surface area contributed by atoms with E-state index in [1.807, 2.05) is 0 Å². The second kappa shape index (κ2) is 9.36. The minimum Gasteiger partial charge on any atom is -0.326 e. The summed E-state index contributed by atoms with van der Waals surface area (Å²) in [5.74, 6) is -0.534. The van der Waals surface area contributed by atoms with Gasteiger partial charge in [-0.1, -0.05) is 25.1 Å². The number of carbonyl (C=O) groups is 2. The van der Waals surface area contributed by atoms with E-state index in [0.717, 1.165) is 6.07 Å². The normalized spacial score (nSPS) is 11.4. The molecule has 2 amide bonds. The van der Waals surface area contributed by atoms with Crippen LogP contribution in [0.25, 0.3) is 0 Å². The molecule has 0 aromatic heterocycles. The molecule has 2 aromatic rings. The zero-order chi connectivity index (χ0) is 20.7. The Kier molecular flexibility index (Phi) is 7.17. The molecular weight excluding hydrogens is 371 g/mol. The molecule has 0 fully saturated rings. The standard InChI is InChI=1S/C20H22F3N3O2/c1-3-26(12-15-6-4-5-7-18(15)20(21,22)23)13-19(28)25-17-10-8-16(9-11-17)24-14(2)27/h4-11H,3,12-13H2,1-2H3,(H,24,27)(H,25,28). The van der Waals surface area contributed by atoms with Crippen LogP contribution in [0.4, 0.5) is 24.5 Å². The maximum absolute atomic E-state index is 13.1. The van der Waals surface area contributed by atoms with E-state index in [4.69, 9.17) is 0 Å². The van der Waals surface area contributed by atoms with Crippen molar-refractivity contribution in [3.63, 3.8) is 0 Å². The van der Waals surface area contributed by atoms with Crippen LogP contribution < -0.4 is 10.6 Å². The van der Waals surface area contributed by atoms with E-state index in [9.17, 15) is 22.8 Å². The van der Waals surface area contributed by atoms with Gasteiger partial charge in [0.2, 0.25) is 11.8 Å². The lowest BCUT2D eigenvalue weighted by Gasteiger charge is -2.22. The Labute approximate surface area is 161 Å². The SMILES string of the molecule is CCN(CC(=O)Nc1ccc(NC(C)=O)cc1)Cc1ccccc1C(F)(F)F. The molecule has 0 bridgehead atoms. The van der Waals surface area contributed by atoms with Crippen LogP contribution in [0.2, 0.25) is 0 Å². The Morgan fingerprint density at radius 3 is 2.07 bits per heavy atom. The molecule has 2 N–H and O–H groups in total. The second-order valence-corrected chi connectivity index (χ2v) is 6.26. The van der Waals surface area contributed by atoms with Crippen molar-refractivity contribution in [3.8, 4) is 0 Å². The third-order valence-corrected chi connectivity index (χ3v) is 4.02. The van der Waals surface area contributed by atoms with Crippen LogP contribution in [0.15, 0.2) is 48.5 Å². The van der Waals surface area contributed by atoms with Gasteiger partial charge in [-0.2, -0.15) is 13.2 Å². The summed E-state index contributed by atoms with van der Waals surface area (Å²) in [6.07, 6.45) is -4.44. The molecule has 0 saturated heterocycles. The third-order valence-electron chi connectivity index (χ3n) is 4.02. The van der Waals surface area contributed by atoms with E-state index >= 15 is 0 Å². The number of nitrogens with zero attached hydrogens (tertiary/aromatic N) is 1. The number of amides is 2. The van der Waals surface area contributed by atoms with E-state index in [0.29, 0.717) is 17.9 Å². The summed E-state index contributed by atoms with van der Waals surface area (Å²) in [7, 11) is 0. The molecule has 0 radical (unpaired) electrons. The summed E-state index contributed by atoms with van der Waals surface area (Å²) in [4.78, 5) is 24.9. The lowest BCUT2D eigenvalue weighted by molar-refractivity contribution is -0.138. The van der Waals surface area contributed by atoms with Gasteiger partial charge in [0, 0.05) is 24.8 Å². The van der Waals surface area contributed by atoms with Crippen molar-refractivity contribution in [2.45, 2.75) is 26.6 Å². The third kappa shape index (κ3) is 6.38. The zero-order valence-corrected chi connectivity index (χ0v) is 15.6. The number of likely N-dealkylation sites (N-methyl/N-ethyl adjacent to an activating group) is 1. The molecule has 0 atom stereocenters. The first-order valence-electron chi connectivity index (χ1n) is 8.74. The molecule has 0 saturated carbocycles. The van der Waals surface area contributed by atoms with Crippen LogP contribution in [0.1, 0.15) is 25.0 Å². The van der Waals surface area contributed by atoms with Gasteiger partial charge in [-0.3, -0.25) is 14.5 Å². The average molecular weight is 393 g/mol. The van der Waals surface area contributed by atoms with E-state index < -0.39 is 11.7 Å². The minimum absolute atomic E-state index is 0.0150. The van der Waals surface area contributed by atoms with E-state index in [-0.39, 0.29) is 30.5 Å². The number of halogens is 3. The molecule has 0 aliphatic carbocycles. The first-order chi connectivity index (χ1) is 13.2. The molecule has 0 spiro atoms. The zero-order valence-electron chi connectivity index (χ0n) is 15.6. The van der Waals surface area contributed by atoms with E-state index in [1.165, 1.54) is 19.1 Å². The summed E-state index contributed by atoms with van der Waals surface area (Å²) < 4.78 is 39.4. The quantitative estimate of drug-likeness (QED) is 0.744. The number of alkyl halides is 3. The summed E-state index contributed by atoms with van der Waals surface area (Å²) in [6, 6.07) is 11.9. The van der Waals surface area contributed by atoms with Crippen molar-refractivity contribution >= 4 is 23.2 Å². The molecule has 0 heterocycles. The van der Waals surface area contributed by atoms with E-state index in [2.05, 4.69) is 10.6 Å². The number of carbonyl (C=O) groups excluding carboxylic acids is 2. The summed E-state index contributed by atoms with van der Waals surface area (Å²) >= 11 is 0. The average Bonchev–Trinajstić information content (AvgIpc) is 2.62. The Hall–Kier alpha value is -2.87. The smallest absolute Gasteiger partial charge is 0.326 e. The van der Waals surface area contributed by atoms with Crippen LogP contribution >= 0.6 is 0 Å². The Balaban J connectivity index is 1.99. The molecule has 0 aliphatic heterocycles. The fraction of sp³-hybridized carbons (Fsp3) is 0.300. The molecule has 28 heavy (non-hydrogen) atoms. The molecule has 2 rings (SSSR count). The number of nitrogens with one attached hydrogen (secondary N) is 2. The maximum atomic E-state index is 13.1. The van der Waals surface area contributed by atoms with Gasteiger partial charge in [0.05, 0.1) is 12.1 Å². The lowest BCUT2D eigenvalue weighted by Crippen LogP contribution is -2.33. The molecule has 8 heteroatoms. The molecule has 2 aromatic carbocycles. The van der Waals surface area contributed by atoms with Gasteiger partial charge in [-0.05, 0) is 42.4 Å². The van der Waals surface area contributed by atoms with Crippen molar-refractivity contribution in [2.24, 2.45) is 0 Å². The highest BCUT2D eigenvalue weighted by Crippen LogP contribution is 2.32. The Morgan fingerprint density at radius 2 is 1.54 bits per heavy atom. The number of rotatable bonds is 7. The largest absolute Gasteiger partial charge is 0.416 e. The van der Waals surface area contributed by atoms with E-state index in [1.54, 1.807) is 42.2 Å². The Morgan fingerprint density at radius 1 is 0.964 bits per heavy atom. The summed E-state index contributed by atoms with van der Waals surface area (Å²) in [6.45, 7) is 3.57.